The number of halogens is 1. The lowest BCUT2D eigenvalue weighted by Gasteiger charge is -2.12. The Morgan fingerprint density at radius 1 is 0.900 bits per heavy atom. The number of aromatic nitrogens is 1. The van der Waals surface area contributed by atoms with Gasteiger partial charge in [-0.05, 0) is 53.4 Å². The Labute approximate surface area is 178 Å². The second-order valence-corrected chi connectivity index (χ2v) is 7.04. The van der Waals surface area contributed by atoms with Gasteiger partial charge < -0.3 is 15.6 Å². The molecule has 4 aromatic rings. The number of hydrogen-bond acceptors (Lipinski definition) is 2. The highest BCUT2D eigenvalue weighted by Crippen LogP contribution is 2.20. The molecular formula is C24H18ClN3O2. The van der Waals surface area contributed by atoms with E-state index in [9.17, 15) is 9.59 Å². The number of carbonyl (C=O) groups excluding carboxylic acids is 2. The van der Waals surface area contributed by atoms with Crippen LogP contribution in [0, 0.1) is 0 Å². The molecule has 0 fully saturated rings. The van der Waals surface area contributed by atoms with E-state index in [1.54, 1.807) is 54.6 Å². The van der Waals surface area contributed by atoms with E-state index in [-0.39, 0.29) is 11.6 Å². The van der Waals surface area contributed by atoms with Crippen LogP contribution in [0.2, 0.25) is 5.02 Å². The molecule has 0 saturated carbocycles. The maximum Gasteiger partial charge on any atom is 0.272 e. The molecule has 148 valence electrons. The third-order valence-corrected chi connectivity index (χ3v) is 4.89. The van der Waals surface area contributed by atoms with Gasteiger partial charge in [-0.25, -0.2) is 0 Å². The van der Waals surface area contributed by atoms with Gasteiger partial charge in [0.05, 0.1) is 0 Å². The van der Waals surface area contributed by atoms with Gasteiger partial charge in [-0.1, -0.05) is 54.1 Å². The van der Waals surface area contributed by atoms with E-state index in [1.807, 2.05) is 36.5 Å². The zero-order valence-corrected chi connectivity index (χ0v) is 16.6. The maximum absolute atomic E-state index is 13.0. The van der Waals surface area contributed by atoms with Crippen molar-refractivity contribution in [3.05, 3.63) is 107 Å². The van der Waals surface area contributed by atoms with Crippen molar-refractivity contribution in [2.75, 3.05) is 5.32 Å². The normalized spacial score (nSPS) is 11.3. The third kappa shape index (κ3) is 4.42. The fourth-order valence-electron chi connectivity index (χ4n) is 3.01. The number of carbonyl (C=O) groups is 2. The minimum absolute atomic E-state index is 0.0866. The van der Waals surface area contributed by atoms with Gasteiger partial charge >= 0.3 is 0 Å². The lowest BCUT2D eigenvalue weighted by molar-refractivity contribution is -0.113. The molecule has 4 rings (SSSR count). The third-order valence-electron chi connectivity index (χ3n) is 4.55. The summed E-state index contributed by atoms with van der Waals surface area (Å²) in [6.45, 7) is 0. The number of aromatic amines is 1. The molecule has 0 bridgehead atoms. The summed E-state index contributed by atoms with van der Waals surface area (Å²) in [6.07, 6.45) is 3.39. The van der Waals surface area contributed by atoms with Crippen LogP contribution < -0.4 is 10.6 Å². The number of H-pyrrole nitrogens is 1. The van der Waals surface area contributed by atoms with Crippen LogP contribution in [0.25, 0.3) is 17.0 Å². The van der Waals surface area contributed by atoms with Crippen molar-refractivity contribution < 1.29 is 9.59 Å². The average molecular weight is 416 g/mol. The molecule has 30 heavy (non-hydrogen) atoms. The van der Waals surface area contributed by atoms with Crippen LogP contribution in [0.5, 0.6) is 0 Å². The van der Waals surface area contributed by atoms with Crippen LogP contribution in [0.1, 0.15) is 15.9 Å². The van der Waals surface area contributed by atoms with Gasteiger partial charge in [0, 0.05) is 28.0 Å². The Balaban J connectivity index is 1.64. The van der Waals surface area contributed by atoms with Crippen molar-refractivity contribution in [2.24, 2.45) is 0 Å². The smallest absolute Gasteiger partial charge is 0.272 e. The predicted octanol–water partition coefficient (Wildman–Crippen LogP) is 5.23. The second kappa shape index (κ2) is 8.68. The summed E-state index contributed by atoms with van der Waals surface area (Å²) < 4.78 is 0. The van der Waals surface area contributed by atoms with Crippen LogP contribution in [0.15, 0.2) is 90.8 Å². The highest BCUT2D eigenvalue weighted by molar-refractivity contribution is 6.32. The molecule has 6 heteroatoms. The first-order valence-corrected chi connectivity index (χ1v) is 9.69. The van der Waals surface area contributed by atoms with Crippen LogP contribution in [0.4, 0.5) is 5.69 Å². The lowest BCUT2D eigenvalue weighted by atomic mass is 10.1. The Morgan fingerprint density at radius 2 is 1.67 bits per heavy atom. The second-order valence-electron chi connectivity index (χ2n) is 6.63. The Kier molecular flexibility index (Phi) is 5.63. The molecule has 0 spiro atoms. The van der Waals surface area contributed by atoms with Crippen molar-refractivity contribution in [3.63, 3.8) is 0 Å². The molecule has 0 radical (unpaired) electrons. The van der Waals surface area contributed by atoms with Gasteiger partial charge in [-0.2, -0.15) is 0 Å². The van der Waals surface area contributed by atoms with Gasteiger partial charge in [-0.3, -0.25) is 9.59 Å². The first kappa shape index (κ1) is 19.5. The summed E-state index contributed by atoms with van der Waals surface area (Å²) in [6, 6.07) is 23.3. The molecule has 0 saturated heterocycles. The van der Waals surface area contributed by atoms with E-state index in [4.69, 9.17) is 11.6 Å². The minimum Gasteiger partial charge on any atom is -0.361 e. The van der Waals surface area contributed by atoms with E-state index < -0.39 is 5.91 Å². The maximum atomic E-state index is 13.0. The van der Waals surface area contributed by atoms with Crippen molar-refractivity contribution in [1.82, 2.24) is 10.3 Å². The van der Waals surface area contributed by atoms with Gasteiger partial charge in [0.25, 0.3) is 11.8 Å². The van der Waals surface area contributed by atoms with E-state index >= 15 is 0 Å². The minimum atomic E-state index is -0.454. The summed E-state index contributed by atoms with van der Waals surface area (Å²) in [4.78, 5) is 28.8. The topological polar surface area (TPSA) is 74.0 Å². The van der Waals surface area contributed by atoms with E-state index in [2.05, 4.69) is 15.6 Å². The summed E-state index contributed by atoms with van der Waals surface area (Å²) in [7, 11) is 0. The highest BCUT2D eigenvalue weighted by atomic mass is 35.5. The molecule has 0 unspecified atom stereocenters. The first-order valence-electron chi connectivity index (χ1n) is 9.31. The molecule has 1 aromatic heterocycles. The summed E-state index contributed by atoms with van der Waals surface area (Å²) in [5.74, 6) is -0.839. The molecule has 0 aliphatic rings. The predicted molar refractivity (Wildman–Crippen MR) is 120 cm³/mol. The van der Waals surface area contributed by atoms with Crippen LogP contribution in [0.3, 0.4) is 0 Å². The van der Waals surface area contributed by atoms with Crippen molar-refractivity contribution in [3.8, 4) is 0 Å². The SMILES string of the molecule is O=C(Nc1ccc2cc[nH]c2c1)/C(=C\c1ccccc1Cl)NC(=O)c1ccccc1. The average Bonchev–Trinajstić information content (AvgIpc) is 3.23. The van der Waals surface area contributed by atoms with Crippen molar-refractivity contribution in [1.29, 1.82) is 0 Å². The largest absolute Gasteiger partial charge is 0.361 e. The van der Waals surface area contributed by atoms with Gasteiger partial charge in [-0.15, -0.1) is 0 Å². The molecule has 3 N–H and O–H groups in total. The van der Waals surface area contributed by atoms with E-state index in [0.29, 0.717) is 21.8 Å². The standard InChI is InChI=1S/C24H18ClN3O2/c25-20-9-5-4-8-18(20)14-22(28-23(29)17-6-2-1-3-7-17)24(30)27-19-11-10-16-12-13-26-21(16)15-19/h1-15,26H,(H,27,30)(H,28,29)/b22-14+. The highest BCUT2D eigenvalue weighted by Gasteiger charge is 2.16. The Morgan fingerprint density at radius 3 is 2.47 bits per heavy atom. The molecule has 0 atom stereocenters. The van der Waals surface area contributed by atoms with Crippen LogP contribution in [-0.4, -0.2) is 16.8 Å². The quantitative estimate of drug-likeness (QED) is 0.390. The van der Waals surface area contributed by atoms with E-state index in [0.717, 1.165) is 10.9 Å². The van der Waals surface area contributed by atoms with Gasteiger partial charge in [0.15, 0.2) is 0 Å². The Bertz CT molecular complexity index is 1250. The summed E-state index contributed by atoms with van der Waals surface area (Å²) >= 11 is 6.25. The molecule has 0 aliphatic carbocycles. The number of benzene rings is 3. The number of anilines is 1. The fraction of sp³-hybridized carbons (Fsp3) is 0. The first-order chi connectivity index (χ1) is 14.6. The number of fused-ring (bicyclic) bond motifs is 1. The molecule has 2 amide bonds. The zero-order chi connectivity index (χ0) is 20.9. The monoisotopic (exact) mass is 415 g/mol. The molecule has 5 nitrogen and oxygen atoms in total. The van der Waals surface area contributed by atoms with Crippen LogP contribution >= 0.6 is 11.6 Å². The lowest BCUT2D eigenvalue weighted by Crippen LogP contribution is -2.30. The van der Waals surface area contributed by atoms with Crippen molar-refractivity contribution in [2.45, 2.75) is 0 Å². The summed E-state index contributed by atoms with van der Waals surface area (Å²) in [5, 5.41) is 7.06. The number of rotatable bonds is 5. The molecule has 1 heterocycles. The van der Waals surface area contributed by atoms with Crippen molar-refractivity contribution >= 4 is 46.1 Å². The zero-order valence-electron chi connectivity index (χ0n) is 15.9. The molecular weight excluding hydrogens is 398 g/mol. The fourth-order valence-corrected chi connectivity index (χ4v) is 3.20. The molecule has 0 aliphatic heterocycles. The van der Waals surface area contributed by atoms with Gasteiger partial charge in [0.1, 0.15) is 5.70 Å². The number of nitrogens with one attached hydrogen (secondary N) is 3. The Hall–Kier alpha value is -3.83. The summed E-state index contributed by atoms with van der Waals surface area (Å²) in [5.41, 5.74) is 2.66. The number of amides is 2. The van der Waals surface area contributed by atoms with Crippen LogP contribution in [-0.2, 0) is 4.79 Å². The molecule has 3 aromatic carbocycles. The number of hydrogen-bond donors (Lipinski definition) is 3. The van der Waals surface area contributed by atoms with Gasteiger partial charge in [0.2, 0.25) is 0 Å². The van der Waals surface area contributed by atoms with E-state index in [1.165, 1.54) is 0 Å².